The fraction of sp³-hybridized carbons (Fsp3) is 0. The molecule has 2 N–H and O–H groups in total. The van der Waals surface area contributed by atoms with Gasteiger partial charge in [0.2, 0.25) is 0 Å². The summed E-state index contributed by atoms with van der Waals surface area (Å²) in [5.41, 5.74) is 0.937. The minimum atomic E-state index is -4.64. The number of allylic oxidation sites excluding steroid dienone is 1. The molecule has 0 saturated heterocycles. The van der Waals surface area contributed by atoms with Gasteiger partial charge in [-0.05, 0) is 18.2 Å². The molecule has 0 aliphatic carbocycles. The smallest absolute Gasteiger partial charge is 0.404 e. The summed E-state index contributed by atoms with van der Waals surface area (Å²) in [6.45, 7) is 0. The Morgan fingerprint density at radius 1 is 1.00 bits per heavy atom. The minimum Gasteiger partial charge on any atom is -0.404 e. The summed E-state index contributed by atoms with van der Waals surface area (Å²) in [4.78, 5) is 29.6. The monoisotopic (exact) mass is 304 g/mol. The topological polar surface area (TPSA) is 83.8 Å². The molecule has 2 aromatic rings. The zero-order valence-electron chi connectivity index (χ0n) is 10.9. The summed E-state index contributed by atoms with van der Waals surface area (Å²) in [7, 11) is -4.64. The molecule has 5 nitrogen and oxygen atoms in total. The molecule has 0 saturated carbocycles. The van der Waals surface area contributed by atoms with E-state index < -0.39 is 7.82 Å². The number of hydrogen-bond donors (Lipinski definition) is 2. The summed E-state index contributed by atoms with van der Waals surface area (Å²) in [6.07, 6.45) is 2.79. The van der Waals surface area contributed by atoms with Crippen LogP contribution in [0.3, 0.4) is 0 Å². The van der Waals surface area contributed by atoms with Crippen LogP contribution >= 0.6 is 7.82 Å². The Kier molecular flexibility index (Phi) is 4.70. The van der Waals surface area contributed by atoms with Gasteiger partial charge in [0.05, 0.1) is 0 Å². The van der Waals surface area contributed by atoms with Crippen molar-refractivity contribution in [1.29, 1.82) is 0 Å². The normalized spacial score (nSPS) is 11.5. The van der Waals surface area contributed by atoms with E-state index in [1.54, 1.807) is 42.5 Å². The third-order valence-corrected chi connectivity index (χ3v) is 3.04. The number of phosphoric acid groups is 1. The molecule has 0 aromatic heterocycles. The Morgan fingerprint density at radius 2 is 1.62 bits per heavy atom. The molecular weight excluding hydrogens is 291 g/mol. The maximum atomic E-state index is 11.9. The van der Waals surface area contributed by atoms with Crippen LogP contribution in [0.1, 0.15) is 15.9 Å². The highest BCUT2D eigenvalue weighted by molar-refractivity contribution is 7.46. The lowest BCUT2D eigenvalue weighted by Gasteiger charge is -2.09. The van der Waals surface area contributed by atoms with Crippen molar-refractivity contribution in [3.63, 3.8) is 0 Å². The standard InChI is InChI=1S/C15H13O5P/c16-14(12-6-2-1-3-7-12)11-10-13-8-4-5-9-15(13)20-21(17,18)19/h1-11H,(H2,17,18,19). The second-order valence-electron chi connectivity index (χ2n) is 4.18. The second kappa shape index (κ2) is 6.50. The molecule has 21 heavy (non-hydrogen) atoms. The first kappa shape index (κ1) is 15.2. The van der Waals surface area contributed by atoms with Gasteiger partial charge < -0.3 is 4.52 Å². The van der Waals surface area contributed by atoms with E-state index in [-0.39, 0.29) is 11.5 Å². The van der Waals surface area contributed by atoms with Crippen molar-refractivity contribution >= 4 is 19.7 Å². The first-order valence-electron chi connectivity index (χ1n) is 6.07. The van der Waals surface area contributed by atoms with Crippen LogP contribution in [0.25, 0.3) is 6.08 Å². The molecule has 2 aromatic carbocycles. The van der Waals surface area contributed by atoms with E-state index in [2.05, 4.69) is 4.52 Å². The van der Waals surface area contributed by atoms with E-state index in [1.165, 1.54) is 18.2 Å². The van der Waals surface area contributed by atoms with Gasteiger partial charge in [-0.25, -0.2) is 4.57 Å². The Hall–Kier alpha value is -2.20. The van der Waals surface area contributed by atoms with E-state index >= 15 is 0 Å². The molecule has 0 fully saturated rings. The highest BCUT2D eigenvalue weighted by atomic mass is 31.2. The van der Waals surface area contributed by atoms with Crippen LogP contribution in [0.4, 0.5) is 0 Å². The Balaban J connectivity index is 2.22. The summed E-state index contributed by atoms with van der Waals surface area (Å²) in [6, 6.07) is 15.0. The van der Waals surface area contributed by atoms with E-state index in [4.69, 9.17) is 9.79 Å². The summed E-state index contributed by atoms with van der Waals surface area (Å²) < 4.78 is 15.5. The molecule has 6 heteroatoms. The van der Waals surface area contributed by atoms with Crippen molar-refractivity contribution < 1.29 is 23.7 Å². The number of hydrogen-bond acceptors (Lipinski definition) is 3. The third kappa shape index (κ3) is 4.68. The largest absolute Gasteiger partial charge is 0.524 e. The van der Waals surface area contributed by atoms with Gasteiger partial charge in [0, 0.05) is 11.1 Å². The number of phosphoric ester groups is 1. The maximum absolute atomic E-state index is 11.9. The average Bonchev–Trinajstić information content (AvgIpc) is 2.45. The molecule has 0 aliphatic heterocycles. The SMILES string of the molecule is O=C(C=Cc1ccccc1OP(=O)(O)O)c1ccccc1. The molecule has 0 heterocycles. The first-order valence-corrected chi connectivity index (χ1v) is 7.60. The average molecular weight is 304 g/mol. The number of rotatable bonds is 5. The van der Waals surface area contributed by atoms with Crippen LogP contribution in [0.2, 0.25) is 0 Å². The van der Waals surface area contributed by atoms with E-state index in [1.807, 2.05) is 6.07 Å². The second-order valence-corrected chi connectivity index (χ2v) is 5.35. The number of para-hydroxylation sites is 1. The van der Waals surface area contributed by atoms with Gasteiger partial charge in [-0.3, -0.25) is 14.6 Å². The fourth-order valence-corrected chi connectivity index (χ4v) is 2.12. The first-order chi connectivity index (χ1) is 9.96. The van der Waals surface area contributed by atoms with Gasteiger partial charge in [0.1, 0.15) is 5.75 Å². The van der Waals surface area contributed by atoms with Crippen molar-refractivity contribution in [3.8, 4) is 5.75 Å². The highest BCUT2D eigenvalue weighted by Crippen LogP contribution is 2.39. The Morgan fingerprint density at radius 3 is 2.29 bits per heavy atom. The molecule has 0 atom stereocenters. The van der Waals surface area contributed by atoms with E-state index in [9.17, 15) is 9.36 Å². The molecular formula is C15H13O5P. The molecule has 0 unspecified atom stereocenters. The molecule has 0 radical (unpaired) electrons. The molecule has 0 bridgehead atoms. The number of ketones is 1. The number of benzene rings is 2. The van der Waals surface area contributed by atoms with Crippen LogP contribution in [0.5, 0.6) is 5.75 Å². The summed E-state index contributed by atoms with van der Waals surface area (Å²) >= 11 is 0. The predicted octanol–water partition coefficient (Wildman–Crippen LogP) is 3.05. The number of carbonyl (C=O) groups is 1. The maximum Gasteiger partial charge on any atom is 0.524 e. The van der Waals surface area contributed by atoms with Gasteiger partial charge in [-0.15, -0.1) is 0 Å². The molecule has 0 aliphatic rings. The molecule has 0 spiro atoms. The van der Waals surface area contributed by atoms with Crippen molar-refractivity contribution in [2.75, 3.05) is 0 Å². The van der Waals surface area contributed by atoms with Gasteiger partial charge in [0.15, 0.2) is 5.78 Å². The van der Waals surface area contributed by atoms with Crippen molar-refractivity contribution in [3.05, 3.63) is 71.8 Å². The summed E-state index contributed by atoms with van der Waals surface area (Å²) in [5.74, 6) is -0.190. The Labute approximate surface area is 121 Å². The molecule has 2 rings (SSSR count). The van der Waals surface area contributed by atoms with E-state index in [0.717, 1.165) is 0 Å². The third-order valence-electron chi connectivity index (χ3n) is 2.61. The Bertz CT molecular complexity index is 703. The van der Waals surface area contributed by atoms with Gasteiger partial charge >= 0.3 is 7.82 Å². The van der Waals surface area contributed by atoms with Crippen LogP contribution < -0.4 is 4.52 Å². The zero-order chi connectivity index (χ0) is 15.3. The number of carbonyl (C=O) groups excluding carboxylic acids is 1. The van der Waals surface area contributed by atoms with E-state index in [0.29, 0.717) is 11.1 Å². The predicted molar refractivity (Wildman–Crippen MR) is 78.9 cm³/mol. The van der Waals surface area contributed by atoms with Gasteiger partial charge in [-0.2, -0.15) is 0 Å². The lowest BCUT2D eigenvalue weighted by molar-refractivity contribution is 0.104. The van der Waals surface area contributed by atoms with Gasteiger partial charge in [-0.1, -0.05) is 48.5 Å². The fourth-order valence-electron chi connectivity index (χ4n) is 1.69. The zero-order valence-corrected chi connectivity index (χ0v) is 11.8. The van der Waals surface area contributed by atoms with Crippen LogP contribution in [-0.4, -0.2) is 15.6 Å². The van der Waals surface area contributed by atoms with Gasteiger partial charge in [0.25, 0.3) is 0 Å². The molecule has 0 amide bonds. The van der Waals surface area contributed by atoms with Crippen LogP contribution in [0, 0.1) is 0 Å². The molecule has 108 valence electrons. The van der Waals surface area contributed by atoms with Crippen LogP contribution in [0.15, 0.2) is 60.7 Å². The summed E-state index contributed by atoms with van der Waals surface area (Å²) in [5, 5.41) is 0. The lowest BCUT2D eigenvalue weighted by atomic mass is 10.1. The van der Waals surface area contributed by atoms with Crippen molar-refractivity contribution in [1.82, 2.24) is 0 Å². The van der Waals surface area contributed by atoms with Crippen molar-refractivity contribution in [2.45, 2.75) is 0 Å². The minimum absolute atomic E-state index is 0.0166. The lowest BCUT2D eigenvalue weighted by Crippen LogP contribution is -1.94. The highest BCUT2D eigenvalue weighted by Gasteiger charge is 2.17. The quantitative estimate of drug-likeness (QED) is 0.504. The van der Waals surface area contributed by atoms with Crippen LogP contribution in [-0.2, 0) is 4.57 Å². The van der Waals surface area contributed by atoms with Crippen molar-refractivity contribution in [2.24, 2.45) is 0 Å².